The molecule has 0 aliphatic carbocycles. The molecule has 1 N–H and O–H groups in total. The normalized spacial score (nSPS) is 19.1. The minimum atomic E-state index is 0.446. The van der Waals surface area contributed by atoms with Crippen molar-refractivity contribution in [1.82, 2.24) is 10.2 Å². The molecule has 18 heavy (non-hydrogen) atoms. The summed E-state index contributed by atoms with van der Waals surface area (Å²) < 4.78 is 0. The van der Waals surface area contributed by atoms with Crippen LogP contribution in [0.5, 0.6) is 0 Å². The monoisotopic (exact) mass is 266 g/mol. The van der Waals surface area contributed by atoms with E-state index in [9.17, 15) is 0 Å². The maximum atomic E-state index is 6.21. The third-order valence-corrected chi connectivity index (χ3v) is 4.23. The number of benzene rings is 1. The largest absolute Gasteiger partial charge is 0.317 e. The van der Waals surface area contributed by atoms with Crippen LogP contribution in [0.3, 0.4) is 0 Å². The lowest BCUT2D eigenvalue weighted by Crippen LogP contribution is -2.41. The summed E-state index contributed by atoms with van der Waals surface area (Å²) in [6.45, 7) is 6.77. The van der Waals surface area contributed by atoms with Crippen molar-refractivity contribution >= 4 is 11.6 Å². The fourth-order valence-corrected chi connectivity index (χ4v) is 3.01. The lowest BCUT2D eigenvalue weighted by atomic mass is 9.80. The van der Waals surface area contributed by atoms with Crippen molar-refractivity contribution in [2.75, 3.05) is 26.7 Å². The fraction of sp³-hybridized carbons (Fsp3) is 0.600. The van der Waals surface area contributed by atoms with Gasteiger partial charge in [-0.25, -0.2) is 0 Å². The predicted octanol–water partition coefficient (Wildman–Crippen LogP) is 3.16. The summed E-state index contributed by atoms with van der Waals surface area (Å²) in [4.78, 5) is 2.40. The first kappa shape index (κ1) is 13.9. The Morgan fingerprint density at radius 2 is 1.94 bits per heavy atom. The molecule has 1 aliphatic heterocycles. The van der Waals surface area contributed by atoms with Crippen molar-refractivity contribution in [3.63, 3.8) is 0 Å². The Bertz CT molecular complexity index is 386. The molecule has 0 aromatic heterocycles. The molecule has 1 saturated heterocycles. The second kappa shape index (κ2) is 6.05. The van der Waals surface area contributed by atoms with Crippen LogP contribution in [0.15, 0.2) is 24.3 Å². The van der Waals surface area contributed by atoms with Crippen LogP contribution in [-0.4, -0.2) is 31.6 Å². The Morgan fingerprint density at radius 1 is 1.28 bits per heavy atom. The van der Waals surface area contributed by atoms with E-state index in [1.807, 2.05) is 12.1 Å². The highest BCUT2D eigenvalue weighted by Gasteiger charge is 2.27. The molecular weight excluding hydrogens is 244 g/mol. The molecule has 0 bridgehead atoms. The van der Waals surface area contributed by atoms with Gasteiger partial charge in [0, 0.05) is 18.1 Å². The Hall–Kier alpha value is -0.570. The van der Waals surface area contributed by atoms with Crippen molar-refractivity contribution in [3.8, 4) is 0 Å². The molecule has 1 aromatic rings. The van der Waals surface area contributed by atoms with E-state index < -0.39 is 0 Å². The van der Waals surface area contributed by atoms with Crippen molar-refractivity contribution in [2.45, 2.75) is 26.3 Å². The van der Waals surface area contributed by atoms with E-state index in [2.05, 4.69) is 36.3 Å². The lowest BCUT2D eigenvalue weighted by molar-refractivity contribution is 0.143. The van der Waals surface area contributed by atoms with Crippen molar-refractivity contribution in [2.24, 2.45) is 5.41 Å². The highest BCUT2D eigenvalue weighted by atomic mass is 35.5. The van der Waals surface area contributed by atoms with E-state index in [4.69, 9.17) is 11.6 Å². The number of rotatable bonds is 4. The summed E-state index contributed by atoms with van der Waals surface area (Å²) in [7, 11) is 2.19. The summed E-state index contributed by atoms with van der Waals surface area (Å²) in [6.07, 6.45) is 2.53. The molecule has 0 spiro atoms. The number of nitrogens with one attached hydrogen (secondary N) is 1. The third-order valence-electron chi connectivity index (χ3n) is 3.86. The number of piperidine rings is 1. The van der Waals surface area contributed by atoms with Gasteiger partial charge < -0.3 is 10.2 Å². The van der Waals surface area contributed by atoms with Crippen molar-refractivity contribution in [1.29, 1.82) is 0 Å². The molecule has 100 valence electrons. The first-order chi connectivity index (χ1) is 8.59. The minimum absolute atomic E-state index is 0.446. The highest BCUT2D eigenvalue weighted by molar-refractivity contribution is 6.31. The number of halogens is 1. The molecule has 1 fully saturated rings. The maximum Gasteiger partial charge on any atom is 0.0451 e. The Kier molecular flexibility index (Phi) is 4.66. The van der Waals surface area contributed by atoms with Gasteiger partial charge in [-0.3, -0.25) is 0 Å². The quantitative estimate of drug-likeness (QED) is 0.901. The molecule has 0 amide bonds. The first-order valence-electron chi connectivity index (χ1n) is 6.72. The van der Waals surface area contributed by atoms with Crippen molar-refractivity contribution < 1.29 is 0 Å². The molecule has 0 unspecified atom stereocenters. The van der Waals surface area contributed by atoms with Crippen LogP contribution in [0.2, 0.25) is 5.02 Å². The van der Waals surface area contributed by atoms with Gasteiger partial charge in [0.05, 0.1) is 0 Å². The van der Waals surface area contributed by atoms with Crippen LogP contribution >= 0.6 is 11.6 Å². The van der Waals surface area contributed by atoms with E-state index in [1.54, 1.807) is 0 Å². The number of nitrogens with zero attached hydrogens (tertiary/aromatic N) is 1. The predicted molar refractivity (Wildman–Crippen MR) is 78.0 cm³/mol. The van der Waals surface area contributed by atoms with Gasteiger partial charge >= 0.3 is 0 Å². The second-order valence-corrected chi connectivity index (χ2v) is 6.23. The van der Waals surface area contributed by atoms with Gasteiger partial charge in [0.15, 0.2) is 0 Å². The summed E-state index contributed by atoms with van der Waals surface area (Å²) in [6, 6.07) is 8.13. The van der Waals surface area contributed by atoms with Crippen LogP contribution in [0, 0.1) is 5.41 Å². The standard InChI is InChI=1S/C15H23ClN2/c1-15(7-9-17-10-8-15)12-18(2)11-13-5-3-4-6-14(13)16/h3-6,17H,7-12H2,1-2H3. The molecule has 2 nitrogen and oxygen atoms in total. The molecule has 1 aromatic carbocycles. The topological polar surface area (TPSA) is 15.3 Å². The van der Waals surface area contributed by atoms with Crippen molar-refractivity contribution in [3.05, 3.63) is 34.9 Å². The Balaban J connectivity index is 1.92. The Morgan fingerprint density at radius 3 is 2.61 bits per heavy atom. The molecule has 0 radical (unpaired) electrons. The van der Waals surface area contributed by atoms with Crippen LogP contribution in [-0.2, 0) is 6.54 Å². The Labute approximate surface area is 115 Å². The zero-order chi connectivity index (χ0) is 13.0. The van der Waals surface area contributed by atoms with Gasteiger partial charge in [0.2, 0.25) is 0 Å². The van der Waals surface area contributed by atoms with E-state index in [0.717, 1.165) is 31.2 Å². The molecule has 2 rings (SSSR count). The zero-order valence-corrected chi connectivity index (χ0v) is 12.1. The molecule has 0 atom stereocenters. The summed E-state index contributed by atoms with van der Waals surface area (Å²) in [5, 5.41) is 4.31. The lowest BCUT2D eigenvalue weighted by Gasteiger charge is -2.37. The number of hydrogen-bond donors (Lipinski definition) is 1. The molecule has 0 saturated carbocycles. The molecule has 1 aliphatic rings. The van der Waals surface area contributed by atoms with Crippen LogP contribution < -0.4 is 5.32 Å². The van der Waals surface area contributed by atoms with E-state index in [0.29, 0.717) is 5.41 Å². The smallest absolute Gasteiger partial charge is 0.0451 e. The van der Waals surface area contributed by atoms with Gasteiger partial charge in [-0.1, -0.05) is 36.7 Å². The van der Waals surface area contributed by atoms with Gasteiger partial charge in [-0.15, -0.1) is 0 Å². The van der Waals surface area contributed by atoms with Gasteiger partial charge in [-0.2, -0.15) is 0 Å². The molecule has 1 heterocycles. The average Bonchev–Trinajstić information content (AvgIpc) is 2.32. The maximum absolute atomic E-state index is 6.21. The molecular formula is C15H23ClN2. The zero-order valence-electron chi connectivity index (χ0n) is 11.4. The minimum Gasteiger partial charge on any atom is -0.317 e. The van der Waals surface area contributed by atoms with Gasteiger partial charge in [0.25, 0.3) is 0 Å². The summed E-state index contributed by atoms with van der Waals surface area (Å²) in [5.74, 6) is 0. The van der Waals surface area contributed by atoms with Gasteiger partial charge in [-0.05, 0) is 50.0 Å². The summed E-state index contributed by atoms with van der Waals surface area (Å²) in [5.41, 5.74) is 1.67. The highest BCUT2D eigenvalue weighted by Crippen LogP contribution is 2.29. The van der Waals surface area contributed by atoms with Crippen LogP contribution in [0.25, 0.3) is 0 Å². The number of hydrogen-bond acceptors (Lipinski definition) is 2. The molecule has 3 heteroatoms. The first-order valence-corrected chi connectivity index (χ1v) is 7.10. The van der Waals surface area contributed by atoms with Crippen LogP contribution in [0.4, 0.5) is 0 Å². The fourth-order valence-electron chi connectivity index (χ4n) is 2.81. The van der Waals surface area contributed by atoms with E-state index in [-0.39, 0.29) is 0 Å². The van der Waals surface area contributed by atoms with E-state index in [1.165, 1.54) is 18.4 Å². The van der Waals surface area contributed by atoms with Crippen LogP contribution in [0.1, 0.15) is 25.3 Å². The second-order valence-electron chi connectivity index (χ2n) is 5.82. The van der Waals surface area contributed by atoms with Gasteiger partial charge in [0.1, 0.15) is 0 Å². The average molecular weight is 267 g/mol. The summed E-state index contributed by atoms with van der Waals surface area (Å²) >= 11 is 6.21. The third kappa shape index (κ3) is 3.71. The van der Waals surface area contributed by atoms with E-state index >= 15 is 0 Å². The SMILES string of the molecule is CN(Cc1ccccc1Cl)CC1(C)CCNCC1.